The van der Waals surface area contributed by atoms with Crippen molar-refractivity contribution >= 4 is 15.9 Å². The summed E-state index contributed by atoms with van der Waals surface area (Å²) in [5, 5.41) is 0. The van der Waals surface area contributed by atoms with Crippen molar-refractivity contribution in [1.82, 2.24) is 4.90 Å². The third-order valence-corrected chi connectivity index (χ3v) is 3.33. The molecule has 2 bridgehead atoms. The standard InChI is InChI=1S/C10H16BrN/c1-8(11)5-12-6-9-2-3-10(4-9)7-12/h9-10H,1-7H2. The molecule has 2 atom stereocenters. The Kier molecular flexibility index (Phi) is 2.56. The highest BCUT2D eigenvalue weighted by atomic mass is 79.9. The van der Waals surface area contributed by atoms with E-state index in [-0.39, 0.29) is 0 Å². The average Bonchev–Trinajstić information content (AvgIpc) is 2.29. The van der Waals surface area contributed by atoms with Crippen LogP contribution in [0, 0.1) is 11.8 Å². The van der Waals surface area contributed by atoms with Gasteiger partial charge in [0.15, 0.2) is 0 Å². The Morgan fingerprint density at radius 3 is 2.42 bits per heavy atom. The molecule has 0 amide bonds. The maximum atomic E-state index is 3.89. The summed E-state index contributed by atoms with van der Waals surface area (Å²) in [6.07, 6.45) is 4.43. The number of likely N-dealkylation sites (tertiary alicyclic amines) is 1. The van der Waals surface area contributed by atoms with Gasteiger partial charge in [-0.2, -0.15) is 0 Å². The van der Waals surface area contributed by atoms with E-state index in [0.717, 1.165) is 22.9 Å². The first-order valence-electron chi connectivity index (χ1n) is 4.79. The van der Waals surface area contributed by atoms with Crippen molar-refractivity contribution in [3.8, 4) is 0 Å². The number of piperidine rings is 1. The molecule has 68 valence electrons. The van der Waals surface area contributed by atoms with Crippen LogP contribution in [0.1, 0.15) is 19.3 Å². The highest BCUT2D eigenvalue weighted by Crippen LogP contribution is 2.36. The molecule has 0 aromatic heterocycles. The summed E-state index contributed by atoms with van der Waals surface area (Å²) >= 11 is 3.43. The van der Waals surface area contributed by atoms with E-state index in [1.807, 2.05) is 0 Å². The van der Waals surface area contributed by atoms with Crippen LogP contribution in [0.4, 0.5) is 0 Å². The lowest BCUT2D eigenvalue weighted by Gasteiger charge is -2.31. The van der Waals surface area contributed by atoms with Crippen molar-refractivity contribution in [3.63, 3.8) is 0 Å². The van der Waals surface area contributed by atoms with Crippen molar-refractivity contribution in [2.24, 2.45) is 11.8 Å². The van der Waals surface area contributed by atoms with Crippen molar-refractivity contribution in [3.05, 3.63) is 11.1 Å². The van der Waals surface area contributed by atoms with Crippen LogP contribution < -0.4 is 0 Å². The second-order valence-corrected chi connectivity index (χ2v) is 5.38. The summed E-state index contributed by atoms with van der Waals surface area (Å²) in [6, 6.07) is 0. The Hall–Kier alpha value is 0.180. The van der Waals surface area contributed by atoms with Crippen LogP contribution in [0.5, 0.6) is 0 Å². The second kappa shape index (κ2) is 3.51. The Balaban J connectivity index is 1.89. The fourth-order valence-electron chi connectivity index (χ4n) is 2.69. The summed E-state index contributed by atoms with van der Waals surface area (Å²) < 4.78 is 1.13. The molecule has 0 radical (unpaired) electrons. The van der Waals surface area contributed by atoms with Gasteiger partial charge in [-0.25, -0.2) is 0 Å². The van der Waals surface area contributed by atoms with Gasteiger partial charge in [0.05, 0.1) is 0 Å². The lowest BCUT2D eigenvalue weighted by atomic mass is 9.99. The first-order valence-corrected chi connectivity index (χ1v) is 5.59. The minimum atomic E-state index is 0.996. The van der Waals surface area contributed by atoms with Gasteiger partial charge in [-0.05, 0) is 31.1 Å². The van der Waals surface area contributed by atoms with Crippen molar-refractivity contribution in [2.75, 3.05) is 19.6 Å². The maximum absolute atomic E-state index is 3.89. The van der Waals surface area contributed by atoms with E-state index < -0.39 is 0 Å². The molecule has 1 aliphatic heterocycles. The Morgan fingerprint density at radius 2 is 1.92 bits per heavy atom. The molecule has 2 unspecified atom stereocenters. The average molecular weight is 230 g/mol. The van der Waals surface area contributed by atoms with Crippen molar-refractivity contribution in [2.45, 2.75) is 19.3 Å². The smallest absolute Gasteiger partial charge is 0.0294 e. The fourth-order valence-corrected chi connectivity index (χ4v) is 3.04. The molecule has 2 fully saturated rings. The zero-order valence-corrected chi connectivity index (χ0v) is 9.02. The molecule has 0 aromatic carbocycles. The first kappa shape index (κ1) is 8.76. The third kappa shape index (κ3) is 1.91. The molecule has 0 N–H and O–H groups in total. The van der Waals surface area contributed by atoms with Gasteiger partial charge in [0.25, 0.3) is 0 Å². The maximum Gasteiger partial charge on any atom is 0.0294 e. The fraction of sp³-hybridized carbons (Fsp3) is 0.800. The molecule has 12 heavy (non-hydrogen) atoms. The minimum absolute atomic E-state index is 0.996. The van der Waals surface area contributed by atoms with Gasteiger partial charge in [-0.1, -0.05) is 22.5 Å². The van der Waals surface area contributed by atoms with Gasteiger partial charge in [0.1, 0.15) is 0 Å². The summed E-state index contributed by atoms with van der Waals surface area (Å²) in [6.45, 7) is 7.56. The highest BCUT2D eigenvalue weighted by Gasteiger charge is 2.32. The number of fused-ring (bicyclic) bond motifs is 2. The molecule has 1 saturated carbocycles. The summed E-state index contributed by atoms with van der Waals surface area (Å²) in [4.78, 5) is 2.54. The minimum Gasteiger partial charge on any atom is -0.298 e. The number of hydrogen-bond acceptors (Lipinski definition) is 1. The van der Waals surface area contributed by atoms with E-state index in [1.165, 1.54) is 32.4 Å². The molecule has 1 saturated heterocycles. The quantitative estimate of drug-likeness (QED) is 0.704. The summed E-state index contributed by atoms with van der Waals surface area (Å²) in [5.74, 6) is 1.99. The molecule has 2 aliphatic rings. The number of hydrogen-bond donors (Lipinski definition) is 0. The summed E-state index contributed by atoms with van der Waals surface area (Å²) in [7, 11) is 0. The van der Waals surface area contributed by atoms with Crippen LogP contribution in [0.15, 0.2) is 11.1 Å². The molecule has 1 heterocycles. The molecule has 1 aliphatic carbocycles. The van der Waals surface area contributed by atoms with Crippen molar-refractivity contribution in [1.29, 1.82) is 0 Å². The van der Waals surface area contributed by atoms with E-state index in [2.05, 4.69) is 27.4 Å². The van der Waals surface area contributed by atoms with Crippen LogP contribution in [0.3, 0.4) is 0 Å². The predicted octanol–water partition coefficient (Wildman–Crippen LogP) is 2.63. The second-order valence-electron chi connectivity index (χ2n) is 4.26. The highest BCUT2D eigenvalue weighted by molar-refractivity contribution is 9.11. The largest absolute Gasteiger partial charge is 0.298 e. The van der Waals surface area contributed by atoms with Crippen LogP contribution in [0.25, 0.3) is 0 Å². The normalized spacial score (nSPS) is 35.4. The van der Waals surface area contributed by atoms with Crippen LogP contribution in [-0.4, -0.2) is 24.5 Å². The SMILES string of the molecule is C=C(Br)CN1CC2CCC(C2)C1. The van der Waals surface area contributed by atoms with Gasteiger partial charge >= 0.3 is 0 Å². The molecule has 2 rings (SSSR count). The van der Waals surface area contributed by atoms with Gasteiger partial charge in [0.2, 0.25) is 0 Å². The van der Waals surface area contributed by atoms with Gasteiger partial charge < -0.3 is 0 Å². The predicted molar refractivity (Wildman–Crippen MR) is 55.3 cm³/mol. The van der Waals surface area contributed by atoms with E-state index >= 15 is 0 Å². The number of halogens is 1. The van der Waals surface area contributed by atoms with Crippen LogP contribution in [0.2, 0.25) is 0 Å². The third-order valence-electron chi connectivity index (χ3n) is 3.08. The summed E-state index contributed by atoms with van der Waals surface area (Å²) in [5.41, 5.74) is 0. The number of rotatable bonds is 2. The zero-order valence-electron chi connectivity index (χ0n) is 7.43. The first-order chi connectivity index (χ1) is 5.74. The zero-order chi connectivity index (χ0) is 8.55. The van der Waals surface area contributed by atoms with Gasteiger partial charge in [0, 0.05) is 24.1 Å². The lowest BCUT2D eigenvalue weighted by Crippen LogP contribution is -2.36. The van der Waals surface area contributed by atoms with Crippen LogP contribution in [-0.2, 0) is 0 Å². The Bertz CT molecular complexity index is 178. The monoisotopic (exact) mass is 229 g/mol. The topological polar surface area (TPSA) is 3.24 Å². The molecule has 0 aromatic rings. The Labute approximate surface area is 82.9 Å². The molecular weight excluding hydrogens is 214 g/mol. The number of nitrogens with zero attached hydrogens (tertiary/aromatic N) is 1. The van der Waals surface area contributed by atoms with E-state index in [9.17, 15) is 0 Å². The lowest BCUT2D eigenvalue weighted by molar-refractivity contribution is 0.184. The molecule has 2 heteroatoms. The molecule has 0 spiro atoms. The van der Waals surface area contributed by atoms with E-state index in [1.54, 1.807) is 0 Å². The van der Waals surface area contributed by atoms with Crippen LogP contribution >= 0.6 is 15.9 Å². The van der Waals surface area contributed by atoms with E-state index in [0.29, 0.717) is 0 Å². The molecular formula is C10H16BrN. The van der Waals surface area contributed by atoms with E-state index in [4.69, 9.17) is 0 Å². The van der Waals surface area contributed by atoms with Gasteiger partial charge in [-0.3, -0.25) is 4.90 Å². The Morgan fingerprint density at radius 1 is 1.33 bits per heavy atom. The van der Waals surface area contributed by atoms with Crippen molar-refractivity contribution < 1.29 is 0 Å². The van der Waals surface area contributed by atoms with Gasteiger partial charge in [-0.15, -0.1) is 0 Å². The molecule has 1 nitrogen and oxygen atoms in total.